The maximum absolute atomic E-state index is 14.2. The topological polar surface area (TPSA) is 67.2 Å². The lowest BCUT2D eigenvalue weighted by Crippen LogP contribution is -2.45. The van der Waals surface area contributed by atoms with E-state index in [1.807, 2.05) is 0 Å². The van der Waals surface area contributed by atoms with Gasteiger partial charge < -0.3 is 10.4 Å². The first kappa shape index (κ1) is 16.3. The van der Waals surface area contributed by atoms with E-state index in [9.17, 15) is 14.3 Å². The monoisotopic (exact) mass is 343 g/mol. The number of amides is 1. The summed E-state index contributed by atoms with van der Waals surface area (Å²) in [4.78, 5) is 12.8. The fraction of sp³-hybridized carbons (Fsp3) is 0.474. The molecule has 2 N–H and O–H groups in total. The van der Waals surface area contributed by atoms with Gasteiger partial charge in [-0.15, -0.1) is 0 Å². The van der Waals surface area contributed by atoms with Crippen molar-refractivity contribution in [2.75, 3.05) is 0 Å². The van der Waals surface area contributed by atoms with Gasteiger partial charge in [0, 0.05) is 11.3 Å². The smallest absolute Gasteiger partial charge is 0.272 e. The Morgan fingerprint density at radius 3 is 2.80 bits per heavy atom. The minimum absolute atomic E-state index is 0.225. The number of nitrogens with one attached hydrogen (secondary N) is 1. The van der Waals surface area contributed by atoms with Crippen LogP contribution >= 0.6 is 0 Å². The van der Waals surface area contributed by atoms with Gasteiger partial charge in [-0.25, -0.2) is 9.07 Å². The van der Waals surface area contributed by atoms with E-state index in [1.54, 1.807) is 22.9 Å². The standard InChI is InChI=1S/C19H22FN3O2/c20-13-7-1-3-9-16(13)23-15-10-5-6-12(15)18(22-23)19(25)21-14-8-2-4-11-17(14)24/h1,3,7,9,14,17,24H,2,4-6,8,10-11H2,(H,21,25)/t14-,17-/m1/s1. The van der Waals surface area contributed by atoms with E-state index in [1.165, 1.54) is 6.07 Å². The second-order valence-electron chi connectivity index (χ2n) is 6.92. The van der Waals surface area contributed by atoms with Crippen molar-refractivity contribution in [1.29, 1.82) is 0 Å². The number of aliphatic hydroxyl groups excluding tert-OH is 1. The zero-order chi connectivity index (χ0) is 17.4. The molecule has 2 atom stereocenters. The van der Waals surface area contributed by atoms with Gasteiger partial charge in [0.2, 0.25) is 0 Å². The van der Waals surface area contributed by atoms with E-state index in [-0.39, 0.29) is 17.8 Å². The minimum atomic E-state index is -0.501. The molecule has 6 heteroatoms. The first-order valence-corrected chi connectivity index (χ1v) is 9.00. The highest BCUT2D eigenvalue weighted by atomic mass is 19.1. The summed E-state index contributed by atoms with van der Waals surface area (Å²) < 4.78 is 15.8. The molecular formula is C19H22FN3O2. The number of fused-ring (bicyclic) bond motifs is 1. The minimum Gasteiger partial charge on any atom is -0.391 e. The van der Waals surface area contributed by atoms with Crippen LogP contribution in [-0.4, -0.2) is 32.9 Å². The third-order valence-electron chi connectivity index (χ3n) is 5.27. The molecule has 1 aromatic carbocycles. The second-order valence-corrected chi connectivity index (χ2v) is 6.92. The summed E-state index contributed by atoms with van der Waals surface area (Å²) in [5.41, 5.74) is 2.57. The number of benzene rings is 1. The van der Waals surface area contributed by atoms with Crippen LogP contribution in [0.25, 0.3) is 5.69 Å². The van der Waals surface area contributed by atoms with Crippen LogP contribution in [0.2, 0.25) is 0 Å². The van der Waals surface area contributed by atoms with Crippen LogP contribution in [0.3, 0.4) is 0 Å². The molecule has 1 amide bonds. The third-order valence-corrected chi connectivity index (χ3v) is 5.27. The highest BCUT2D eigenvalue weighted by molar-refractivity contribution is 5.94. The predicted molar refractivity (Wildman–Crippen MR) is 91.3 cm³/mol. The van der Waals surface area contributed by atoms with E-state index in [0.29, 0.717) is 17.8 Å². The normalized spacial score (nSPS) is 22.6. The van der Waals surface area contributed by atoms with E-state index in [0.717, 1.165) is 49.8 Å². The first-order chi connectivity index (χ1) is 12.1. The maximum Gasteiger partial charge on any atom is 0.272 e. The Kier molecular flexibility index (Phi) is 4.29. The van der Waals surface area contributed by atoms with Crippen LogP contribution in [0.1, 0.15) is 53.8 Å². The molecule has 0 saturated heterocycles. The Labute approximate surface area is 145 Å². The SMILES string of the molecule is O=C(N[C@@H]1CCCC[C@H]1O)c1nn(-c2ccccc2F)c2c1CCC2. The van der Waals surface area contributed by atoms with Crippen LogP contribution in [-0.2, 0) is 12.8 Å². The second kappa shape index (κ2) is 6.59. The first-order valence-electron chi connectivity index (χ1n) is 9.00. The molecule has 1 saturated carbocycles. The number of nitrogens with zero attached hydrogens (tertiary/aromatic N) is 2. The Balaban J connectivity index is 1.66. The number of carbonyl (C=O) groups is 1. The van der Waals surface area contributed by atoms with Crippen LogP contribution in [0.4, 0.5) is 4.39 Å². The summed E-state index contributed by atoms with van der Waals surface area (Å²) in [7, 11) is 0. The van der Waals surface area contributed by atoms with Crippen molar-refractivity contribution in [2.24, 2.45) is 0 Å². The fourth-order valence-electron chi connectivity index (χ4n) is 3.96. The third kappa shape index (κ3) is 2.95. The van der Waals surface area contributed by atoms with Crippen molar-refractivity contribution >= 4 is 5.91 Å². The average molecular weight is 343 g/mol. The van der Waals surface area contributed by atoms with Gasteiger partial charge in [0.1, 0.15) is 11.5 Å². The van der Waals surface area contributed by atoms with Gasteiger partial charge in [0.25, 0.3) is 5.91 Å². The van der Waals surface area contributed by atoms with Gasteiger partial charge in [-0.05, 0) is 44.2 Å². The molecule has 132 valence electrons. The summed E-state index contributed by atoms with van der Waals surface area (Å²) in [6.45, 7) is 0. The lowest BCUT2D eigenvalue weighted by atomic mass is 9.92. The van der Waals surface area contributed by atoms with Crippen molar-refractivity contribution in [3.63, 3.8) is 0 Å². The molecule has 25 heavy (non-hydrogen) atoms. The highest BCUT2D eigenvalue weighted by Gasteiger charge is 2.30. The van der Waals surface area contributed by atoms with E-state index < -0.39 is 6.10 Å². The Hall–Kier alpha value is -2.21. The van der Waals surface area contributed by atoms with Crippen molar-refractivity contribution < 1.29 is 14.3 Å². The number of aliphatic hydroxyl groups is 1. The molecule has 2 aliphatic carbocycles. The summed E-state index contributed by atoms with van der Waals surface area (Å²) in [5, 5.41) is 17.5. The average Bonchev–Trinajstić information content (AvgIpc) is 3.20. The molecule has 1 aromatic heterocycles. The van der Waals surface area contributed by atoms with Crippen molar-refractivity contribution in [3.8, 4) is 5.69 Å². The summed E-state index contributed by atoms with van der Waals surface area (Å²) in [6.07, 6.45) is 5.49. The van der Waals surface area contributed by atoms with Crippen molar-refractivity contribution in [2.45, 2.75) is 57.1 Å². The van der Waals surface area contributed by atoms with Gasteiger partial charge in [-0.1, -0.05) is 25.0 Å². The molecule has 0 bridgehead atoms. The zero-order valence-corrected chi connectivity index (χ0v) is 14.0. The Morgan fingerprint density at radius 1 is 1.20 bits per heavy atom. The Morgan fingerprint density at radius 2 is 2.00 bits per heavy atom. The van der Waals surface area contributed by atoms with Gasteiger partial charge in [-0.3, -0.25) is 4.79 Å². The molecule has 0 radical (unpaired) electrons. The molecule has 4 rings (SSSR count). The molecular weight excluding hydrogens is 321 g/mol. The van der Waals surface area contributed by atoms with E-state index in [2.05, 4.69) is 10.4 Å². The maximum atomic E-state index is 14.2. The van der Waals surface area contributed by atoms with Crippen LogP contribution < -0.4 is 5.32 Å². The lowest BCUT2D eigenvalue weighted by Gasteiger charge is -2.28. The number of hydrogen-bond donors (Lipinski definition) is 2. The number of para-hydroxylation sites is 1. The Bertz CT molecular complexity index is 802. The van der Waals surface area contributed by atoms with Gasteiger partial charge in [-0.2, -0.15) is 5.10 Å². The number of halogens is 1. The zero-order valence-electron chi connectivity index (χ0n) is 14.0. The summed E-state index contributed by atoms with van der Waals surface area (Å²) in [5.74, 6) is -0.617. The number of rotatable bonds is 3. The molecule has 5 nitrogen and oxygen atoms in total. The summed E-state index contributed by atoms with van der Waals surface area (Å²) >= 11 is 0. The predicted octanol–water partition coefficient (Wildman–Crippen LogP) is 2.53. The quantitative estimate of drug-likeness (QED) is 0.900. The van der Waals surface area contributed by atoms with E-state index >= 15 is 0 Å². The molecule has 2 aromatic rings. The largest absolute Gasteiger partial charge is 0.391 e. The van der Waals surface area contributed by atoms with Crippen LogP contribution in [0.15, 0.2) is 24.3 Å². The van der Waals surface area contributed by atoms with Crippen molar-refractivity contribution in [3.05, 3.63) is 47.0 Å². The molecule has 2 aliphatic rings. The number of aromatic nitrogens is 2. The lowest BCUT2D eigenvalue weighted by molar-refractivity contribution is 0.0713. The van der Waals surface area contributed by atoms with Crippen LogP contribution in [0, 0.1) is 5.82 Å². The highest BCUT2D eigenvalue weighted by Crippen LogP contribution is 2.29. The van der Waals surface area contributed by atoms with Gasteiger partial charge in [0.15, 0.2) is 5.69 Å². The summed E-state index contributed by atoms with van der Waals surface area (Å²) in [6, 6.07) is 6.25. The molecule has 0 aliphatic heterocycles. The van der Waals surface area contributed by atoms with Gasteiger partial charge >= 0.3 is 0 Å². The molecule has 0 unspecified atom stereocenters. The molecule has 1 heterocycles. The number of hydrogen-bond acceptors (Lipinski definition) is 3. The molecule has 0 spiro atoms. The molecule has 1 fully saturated rings. The van der Waals surface area contributed by atoms with Crippen LogP contribution in [0.5, 0.6) is 0 Å². The van der Waals surface area contributed by atoms with E-state index in [4.69, 9.17) is 0 Å². The fourth-order valence-corrected chi connectivity index (χ4v) is 3.96. The van der Waals surface area contributed by atoms with Crippen molar-refractivity contribution in [1.82, 2.24) is 15.1 Å². The number of carbonyl (C=O) groups excluding carboxylic acids is 1. The van der Waals surface area contributed by atoms with Gasteiger partial charge in [0.05, 0.1) is 12.1 Å².